The van der Waals surface area contributed by atoms with Gasteiger partial charge in [0.05, 0.1) is 0 Å². The van der Waals surface area contributed by atoms with Crippen molar-refractivity contribution in [3.63, 3.8) is 0 Å². The molecule has 0 aliphatic heterocycles. The van der Waals surface area contributed by atoms with Gasteiger partial charge >= 0.3 is 0 Å². The molecule has 3 aromatic carbocycles. The number of benzene rings is 3. The Labute approximate surface area is 181 Å². The molecule has 0 unspecified atom stereocenters. The third kappa shape index (κ3) is 4.83. The van der Waals surface area contributed by atoms with Crippen molar-refractivity contribution < 1.29 is 9.59 Å². The van der Waals surface area contributed by atoms with Crippen molar-refractivity contribution in [1.82, 2.24) is 9.88 Å². The van der Waals surface area contributed by atoms with Gasteiger partial charge < -0.3 is 15.2 Å². The number of aromatic nitrogens is 1. The summed E-state index contributed by atoms with van der Waals surface area (Å²) < 4.78 is 2.03. The zero-order valence-electron chi connectivity index (χ0n) is 17.7. The molecule has 0 atom stereocenters. The normalized spacial score (nSPS) is 10.8. The Balaban J connectivity index is 1.70. The molecule has 0 saturated carbocycles. The highest BCUT2D eigenvalue weighted by Crippen LogP contribution is 2.25. The molecule has 2 amide bonds. The van der Waals surface area contributed by atoms with Crippen molar-refractivity contribution in [3.8, 4) is 0 Å². The van der Waals surface area contributed by atoms with Crippen molar-refractivity contribution in [2.45, 2.75) is 26.9 Å². The second kappa shape index (κ2) is 8.88. The van der Waals surface area contributed by atoms with Crippen LogP contribution in [0.1, 0.15) is 34.1 Å². The second-order valence-corrected chi connectivity index (χ2v) is 7.73. The summed E-state index contributed by atoms with van der Waals surface area (Å²) in [4.78, 5) is 24.6. The van der Waals surface area contributed by atoms with E-state index in [9.17, 15) is 9.59 Å². The van der Waals surface area contributed by atoms with Crippen LogP contribution < -0.4 is 10.6 Å². The Morgan fingerprint density at radius 3 is 2.39 bits per heavy atom. The molecule has 0 saturated heterocycles. The van der Waals surface area contributed by atoms with Crippen molar-refractivity contribution in [2.24, 2.45) is 0 Å². The van der Waals surface area contributed by atoms with Crippen LogP contribution in [0.25, 0.3) is 10.9 Å². The Hall–Kier alpha value is -3.86. The molecule has 5 nitrogen and oxygen atoms in total. The van der Waals surface area contributed by atoms with Crippen LogP contribution in [-0.4, -0.2) is 16.4 Å². The summed E-state index contributed by atoms with van der Waals surface area (Å²) in [6.07, 6.45) is 0. The number of nitrogens with one attached hydrogen (secondary N) is 2. The number of hydrogen-bond donors (Lipinski definition) is 2. The molecule has 0 spiro atoms. The molecule has 0 aliphatic carbocycles. The van der Waals surface area contributed by atoms with E-state index in [0.29, 0.717) is 24.5 Å². The lowest BCUT2D eigenvalue weighted by Gasteiger charge is -2.12. The van der Waals surface area contributed by atoms with Gasteiger partial charge in [-0.15, -0.1) is 0 Å². The van der Waals surface area contributed by atoms with Gasteiger partial charge in [0, 0.05) is 36.6 Å². The van der Waals surface area contributed by atoms with Crippen LogP contribution in [0, 0.1) is 6.92 Å². The van der Waals surface area contributed by atoms with Crippen molar-refractivity contribution >= 4 is 28.4 Å². The highest BCUT2D eigenvalue weighted by atomic mass is 16.2. The number of hydrogen-bond acceptors (Lipinski definition) is 2. The minimum atomic E-state index is -0.131. The van der Waals surface area contributed by atoms with Gasteiger partial charge in [-0.05, 0) is 42.3 Å². The predicted octanol–water partition coefficient (Wildman–Crippen LogP) is 4.89. The molecular weight excluding hydrogens is 386 g/mol. The monoisotopic (exact) mass is 411 g/mol. The molecule has 0 radical (unpaired) electrons. The Morgan fingerprint density at radius 1 is 0.871 bits per heavy atom. The van der Waals surface area contributed by atoms with Gasteiger partial charge in [-0.25, -0.2) is 0 Å². The summed E-state index contributed by atoms with van der Waals surface area (Å²) in [6, 6.07) is 25.7. The van der Waals surface area contributed by atoms with Crippen LogP contribution in [-0.2, 0) is 17.9 Å². The Morgan fingerprint density at radius 2 is 1.65 bits per heavy atom. The molecular formula is C26H25N3O2. The molecule has 0 aliphatic rings. The standard InChI is InChI=1S/C26H25N3O2/c1-18-7-6-10-21(13-18)17-29-24-12-11-23(28-19(2)30)14-22(24)15-25(29)26(31)27-16-20-8-4-3-5-9-20/h3-15H,16-17H2,1-2H3,(H,27,31)(H,28,30). The number of fused-ring (bicyclic) bond motifs is 1. The molecule has 31 heavy (non-hydrogen) atoms. The van der Waals surface area contributed by atoms with E-state index in [2.05, 4.69) is 35.8 Å². The van der Waals surface area contributed by atoms with Gasteiger partial charge in [-0.1, -0.05) is 60.2 Å². The fraction of sp³-hybridized carbons (Fsp3) is 0.154. The first-order valence-corrected chi connectivity index (χ1v) is 10.3. The summed E-state index contributed by atoms with van der Waals surface area (Å²) in [6.45, 7) is 4.58. The first kappa shape index (κ1) is 20.4. The summed E-state index contributed by atoms with van der Waals surface area (Å²) >= 11 is 0. The van der Waals surface area contributed by atoms with Crippen molar-refractivity contribution in [3.05, 3.63) is 101 Å². The lowest BCUT2D eigenvalue weighted by Crippen LogP contribution is -2.25. The third-order valence-electron chi connectivity index (χ3n) is 5.17. The first-order valence-electron chi connectivity index (χ1n) is 10.3. The summed E-state index contributed by atoms with van der Waals surface area (Å²) in [5.41, 5.74) is 5.60. The largest absolute Gasteiger partial charge is 0.347 e. The molecule has 156 valence electrons. The molecule has 1 heterocycles. The molecule has 2 N–H and O–H groups in total. The van der Waals surface area contributed by atoms with Gasteiger partial charge in [0.2, 0.25) is 5.91 Å². The summed E-state index contributed by atoms with van der Waals surface area (Å²) in [5.74, 6) is -0.256. The maximum Gasteiger partial charge on any atom is 0.268 e. The van der Waals surface area contributed by atoms with E-state index < -0.39 is 0 Å². The maximum absolute atomic E-state index is 13.1. The number of amides is 2. The minimum Gasteiger partial charge on any atom is -0.347 e. The fourth-order valence-electron chi connectivity index (χ4n) is 3.77. The average molecular weight is 412 g/mol. The predicted molar refractivity (Wildman–Crippen MR) is 124 cm³/mol. The van der Waals surface area contributed by atoms with Crippen molar-refractivity contribution in [1.29, 1.82) is 0 Å². The van der Waals surface area contributed by atoms with Crippen LogP contribution >= 0.6 is 0 Å². The maximum atomic E-state index is 13.1. The van der Waals surface area contributed by atoms with E-state index >= 15 is 0 Å². The number of rotatable bonds is 6. The molecule has 0 fully saturated rings. The number of aryl methyl sites for hydroxylation is 1. The van der Waals surface area contributed by atoms with Gasteiger partial charge in [-0.3, -0.25) is 9.59 Å². The molecule has 1 aromatic heterocycles. The van der Waals surface area contributed by atoms with Crippen molar-refractivity contribution in [2.75, 3.05) is 5.32 Å². The fourth-order valence-corrected chi connectivity index (χ4v) is 3.77. The van der Waals surface area contributed by atoms with Gasteiger partial charge in [0.1, 0.15) is 5.69 Å². The zero-order valence-corrected chi connectivity index (χ0v) is 17.7. The van der Waals surface area contributed by atoms with E-state index in [0.717, 1.165) is 22.0 Å². The van der Waals surface area contributed by atoms with E-state index in [1.165, 1.54) is 12.5 Å². The van der Waals surface area contributed by atoms with Gasteiger partial charge in [0.15, 0.2) is 0 Å². The van der Waals surface area contributed by atoms with E-state index in [1.807, 2.05) is 65.2 Å². The van der Waals surface area contributed by atoms with Crippen LogP contribution in [0.2, 0.25) is 0 Å². The summed E-state index contributed by atoms with van der Waals surface area (Å²) in [7, 11) is 0. The first-order chi connectivity index (χ1) is 15.0. The zero-order chi connectivity index (χ0) is 21.8. The summed E-state index contributed by atoms with van der Waals surface area (Å²) in [5, 5.41) is 6.75. The van der Waals surface area contributed by atoms with Gasteiger partial charge in [0.25, 0.3) is 5.91 Å². The number of anilines is 1. The minimum absolute atomic E-state index is 0.126. The molecule has 4 rings (SSSR count). The molecule has 4 aromatic rings. The van der Waals surface area contributed by atoms with Crippen LogP contribution in [0.5, 0.6) is 0 Å². The lowest BCUT2D eigenvalue weighted by atomic mass is 10.1. The van der Waals surface area contributed by atoms with E-state index in [4.69, 9.17) is 0 Å². The smallest absolute Gasteiger partial charge is 0.268 e. The van der Waals surface area contributed by atoms with Crippen LogP contribution in [0.4, 0.5) is 5.69 Å². The van der Waals surface area contributed by atoms with Gasteiger partial charge in [-0.2, -0.15) is 0 Å². The lowest BCUT2D eigenvalue weighted by molar-refractivity contribution is -0.114. The Kier molecular flexibility index (Phi) is 5.85. The number of carbonyl (C=O) groups is 2. The number of nitrogens with zero attached hydrogens (tertiary/aromatic N) is 1. The van der Waals surface area contributed by atoms with E-state index in [-0.39, 0.29) is 11.8 Å². The van der Waals surface area contributed by atoms with Crippen LogP contribution in [0.3, 0.4) is 0 Å². The van der Waals surface area contributed by atoms with E-state index in [1.54, 1.807) is 0 Å². The topological polar surface area (TPSA) is 63.1 Å². The highest BCUT2D eigenvalue weighted by Gasteiger charge is 2.16. The molecule has 0 bridgehead atoms. The second-order valence-electron chi connectivity index (χ2n) is 7.73. The average Bonchev–Trinajstić information content (AvgIpc) is 3.10. The highest BCUT2D eigenvalue weighted by molar-refractivity contribution is 6.00. The quantitative estimate of drug-likeness (QED) is 0.475. The SMILES string of the molecule is CC(=O)Nc1ccc2c(c1)cc(C(=O)NCc1ccccc1)n2Cc1cccc(C)c1. The third-order valence-corrected chi connectivity index (χ3v) is 5.17. The molecule has 5 heteroatoms. The Bertz CT molecular complexity index is 1240. The number of carbonyl (C=O) groups excluding carboxylic acids is 2. The van der Waals surface area contributed by atoms with Crippen LogP contribution in [0.15, 0.2) is 78.9 Å².